The fourth-order valence-electron chi connectivity index (χ4n) is 1.10. The van der Waals surface area contributed by atoms with E-state index in [-0.39, 0.29) is 19.1 Å². The summed E-state index contributed by atoms with van der Waals surface area (Å²) in [5.74, 6) is -0.458. The van der Waals surface area contributed by atoms with E-state index in [9.17, 15) is 24.6 Å². The van der Waals surface area contributed by atoms with E-state index in [0.717, 1.165) is 24.1 Å². The zero-order valence-electron chi connectivity index (χ0n) is 22.3. The van der Waals surface area contributed by atoms with Crippen molar-refractivity contribution in [3.63, 3.8) is 0 Å². The van der Waals surface area contributed by atoms with Crippen molar-refractivity contribution in [2.45, 2.75) is 0 Å². The van der Waals surface area contributed by atoms with Crippen molar-refractivity contribution in [2.24, 2.45) is 14.0 Å². The van der Waals surface area contributed by atoms with Crippen LogP contribution >= 0.6 is 0 Å². The monoisotopic (exact) mass is 425 g/mol. The first-order valence-electron chi connectivity index (χ1n) is 10.3. The van der Waals surface area contributed by atoms with Crippen LogP contribution in [0.2, 0.25) is 0 Å². The highest BCUT2D eigenvalue weighted by atomic mass is 19.1. The Bertz CT molecular complexity index is 994. The minimum Gasteiger partial charge on any atom is -0.400 e. The van der Waals surface area contributed by atoms with E-state index in [1.807, 2.05) is 0 Å². The van der Waals surface area contributed by atoms with Gasteiger partial charge in [-0.25, -0.2) is 0 Å². The minimum absolute atomic E-state index is 0. The van der Waals surface area contributed by atoms with Crippen molar-refractivity contribution in [1.82, 2.24) is 29.8 Å². The van der Waals surface area contributed by atoms with Gasteiger partial charge in [0.25, 0.3) is 0 Å². The molecule has 0 unspecified atom stereocenters. The molecule has 164 valence electrons. The number of aryl methyl sites for hydroxylation is 2. The minimum atomic E-state index is -2.59. The number of alkyl halides is 1. The number of nitro groups is 2. The zero-order chi connectivity index (χ0) is 27.8. The van der Waals surface area contributed by atoms with Gasteiger partial charge in [-0.1, -0.05) is 10.2 Å². The van der Waals surface area contributed by atoms with Crippen LogP contribution < -0.4 is 5.73 Å². The molecule has 0 bridgehead atoms. The standard InChI is InChI=1S/C4H5N3O2.C4H7N3.C3H3N3O2.CH3F.CH4O.CH3/c1-6-4(7(8)9)2-3-5-6;1-7-4(5)2-3-6-7;7-6(8)3-1-2-4-5-3;2*1-2;/h2-3H,1H3;2-3H,5H2,1H3;1-2H,(H,4,5);1H3;2H,1H3;1H3/q;;;;;-1/i2*1D3;;1D;;. The molecule has 0 aliphatic heterocycles. The molecule has 0 radical (unpaired) electrons. The van der Waals surface area contributed by atoms with Crippen molar-refractivity contribution in [3.8, 4) is 0 Å². The van der Waals surface area contributed by atoms with Crippen LogP contribution in [0.25, 0.3) is 0 Å². The smallest absolute Gasteiger partial charge is 0.344 e. The van der Waals surface area contributed by atoms with Gasteiger partial charge in [0.1, 0.15) is 12.8 Å². The molecule has 29 heavy (non-hydrogen) atoms. The number of nitrogens with zero attached hydrogens (tertiary/aromatic N) is 7. The Balaban J connectivity index is -0.000000416. The number of hydrogen-bond donors (Lipinski definition) is 3. The van der Waals surface area contributed by atoms with Crippen LogP contribution in [0.1, 0.15) is 9.60 Å². The van der Waals surface area contributed by atoms with Crippen LogP contribution in [-0.2, 0) is 14.0 Å². The lowest BCUT2D eigenvalue weighted by molar-refractivity contribution is -0.392. The summed E-state index contributed by atoms with van der Waals surface area (Å²) in [6.07, 6.45) is 3.75. The predicted molar refractivity (Wildman–Crippen MR) is 104 cm³/mol. The van der Waals surface area contributed by atoms with Gasteiger partial charge in [-0.2, -0.15) is 5.10 Å². The number of nitrogen functional groups attached to an aromatic ring is 1. The number of aliphatic hydroxyl groups is 1. The Morgan fingerprint density at radius 2 is 1.66 bits per heavy atom. The lowest BCUT2D eigenvalue weighted by Gasteiger charge is -1.89. The van der Waals surface area contributed by atoms with Crippen molar-refractivity contribution in [1.29, 1.82) is 0 Å². The van der Waals surface area contributed by atoms with E-state index in [0.29, 0.717) is 4.68 Å². The molecule has 0 amide bonds. The molecule has 0 atom stereocenters. The molecule has 0 aromatic carbocycles. The fraction of sp³-hybridized carbons (Fsp3) is 0.286. The average Bonchev–Trinajstić information content (AvgIpc) is 3.51. The fourth-order valence-corrected chi connectivity index (χ4v) is 1.10. The number of aliphatic hydroxyl groups excluding tert-OH is 1. The molecule has 0 saturated heterocycles. The first kappa shape index (κ1) is 17.2. The van der Waals surface area contributed by atoms with Crippen LogP contribution in [0.3, 0.4) is 0 Å². The summed E-state index contributed by atoms with van der Waals surface area (Å²) in [7, 11) is 0. The Kier molecular flexibility index (Phi) is 10.4. The van der Waals surface area contributed by atoms with Crippen LogP contribution in [0.15, 0.2) is 36.8 Å². The quantitative estimate of drug-likeness (QED) is 0.307. The van der Waals surface area contributed by atoms with Gasteiger partial charge in [-0.05, 0) is 15.9 Å². The van der Waals surface area contributed by atoms with Crippen LogP contribution in [0.4, 0.5) is 21.8 Å². The predicted octanol–water partition coefficient (Wildman–Crippen LogP) is 1.29. The number of H-pyrrole nitrogens is 1. The van der Waals surface area contributed by atoms with Gasteiger partial charge < -0.3 is 38.5 Å². The van der Waals surface area contributed by atoms with E-state index in [1.54, 1.807) is 0 Å². The molecule has 0 spiro atoms. The normalized spacial score (nSPS) is 12.4. The highest BCUT2D eigenvalue weighted by Crippen LogP contribution is 2.05. The maximum atomic E-state index is 10.2. The highest BCUT2D eigenvalue weighted by molar-refractivity contribution is 5.24. The third kappa shape index (κ3) is 12.2. The summed E-state index contributed by atoms with van der Waals surface area (Å²) in [5, 5.41) is 39.4. The molecule has 3 aromatic rings. The molecule has 3 heterocycles. The lowest BCUT2D eigenvalue weighted by Crippen LogP contribution is -1.97. The summed E-state index contributed by atoms with van der Waals surface area (Å²) in [6.45, 7) is -4.85. The summed E-state index contributed by atoms with van der Waals surface area (Å²) in [5.41, 5.74) is 5.27. The SMILES string of the molecule is CO.O=[N+]([O-])c1ccn[nH]1.[2H]C([2H])([2H])n1nccc1N.[2H]C([2H])([2H])n1nccc1[N+](=O)[O-].[2H]CF.[CH3-]. The third-order valence-electron chi connectivity index (χ3n) is 2.16. The summed E-state index contributed by atoms with van der Waals surface area (Å²) in [6, 6.07) is 3.76. The van der Waals surface area contributed by atoms with Crippen molar-refractivity contribution < 1.29 is 28.9 Å². The molecule has 0 saturated carbocycles. The Morgan fingerprint density at radius 3 is 1.93 bits per heavy atom. The molecule has 0 aliphatic rings. The molecule has 0 fully saturated rings. The topological polar surface area (TPSA) is 197 Å². The first-order chi connectivity index (χ1) is 16.2. The summed E-state index contributed by atoms with van der Waals surface area (Å²) >= 11 is 0. The zero-order valence-corrected chi connectivity index (χ0v) is 15.3. The molecular formula is C14H25FN9O5-. The molecule has 3 aromatic heterocycles. The summed E-state index contributed by atoms with van der Waals surface area (Å²) in [4.78, 5) is 18.7. The van der Waals surface area contributed by atoms with Crippen LogP contribution in [-0.4, -0.2) is 59.0 Å². The highest BCUT2D eigenvalue weighted by Gasteiger charge is 2.06. The maximum absolute atomic E-state index is 10.2. The number of aromatic nitrogens is 6. The third-order valence-corrected chi connectivity index (χ3v) is 2.16. The van der Waals surface area contributed by atoms with E-state index in [4.69, 9.17) is 20.4 Å². The second-order valence-electron chi connectivity index (χ2n) is 3.73. The first-order valence-corrected chi connectivity index (χ1v) is 6.59. The van der Waals surface area contributed by atoms with E-state index >= 15 is 0 Å². The molecule has 4 N–H and O–H groups in total. The molecule has 3 rings (SSSR count). The van der Waals surface area contributed by atoms with Crippen LogP contribution in [0.5, 0.6) is 0 Å². The maximum Gasteiger partial charge on any atom is 0.344 e. The second-order valence-corrected chi connectivity index (χ2v) is 3.73. The molecule has 14 nitrogen and oxygen atoms in total. The second kappa shape index (κ2) is 17.5. The van der Waals surface area contributed by atoms with E-state index < -0.39 is 36.8 Å². The van der Waals surface area contributed by atoms with E-state index in [1.165, 1.54) is 24.5 Å². The number of nitrogens with one attached hydrogen (secondary N) is 1. The molecular weight excluding hydrogens is 393 g/mol. The Morgan fingerprint density at radius 1 is 1.10 bits per heavy atom. The number of nitrogens with two attached hydrogens (primary N) is 1. The van der Waals surface area contributed by atoms with Gasteiger partial charge in [-0.3, -0.25) is 9.07 Å². The number of anilines is 1. The van der Waals surface area contributed by atoms with Crippen molar-refractivity contribution in [2.75, 3.05) is 20.0 Å². The van der Waals surface area contributed by atoms with Gasteiger partial charge in [0.05, 0.1) is 43.4 Å². The molecule has 0 aliphatic carbocycles. The Labute approximate surface area is 175 Å². The van der Waals surface area contributed by atoms with E-state index in [2.05, 4.69) is 20.4 Å². The largest absolute Gasteiger partial charge is 0.400 e. The number of halogens is 1. The number of aromatic amines is 1. The van der Waals surface area contributed by atoms with Crippen molar-refractivity contribution in [3.05, 3.63) is 64.4 Å². The van der Waals surface area contributed by atoms with Gasteiger partial charge >= 0.3 is 11.6 Å². The number of rotatable bonds is 2. The lowest BCUT2D eigenvalue weighted by atomic mass is 10.7. The van der Waals surface area contributed by atoms with Gasteiger partial charge in [0.15, 0.2) is 0 Å². The van der Waals surface area contributed by atoms with Crippen molar-refractivity contribution >= 4 is 17.5 Å². The van der Waals surface area contributed by atoms with Crippen LogP contribution in [0, 0.1) is 27.7 Å². The Hall–Kier alpha value is -3.88. The van der Waals surface area contributed by atoms with Gasteiger partial charge in [0, 0.05) is 18.2 Å². The van der Waals surface area contributed by atoms with Gasteiger partial charge in [0.2, 0.25) is 0 Å². The number of hydrogen-bond acceptors (Lipinski definition) is 9. The average molecular weight is 425 g/mol. The van der Waals surface area contributed by atoms with Gasteiger partial charge in [-0.15, -0.1) is 9.78 Å². The summed E-state index contributed by atoms with van der Waals surface area (Å²) < 4.78 is 57.9. The molecule has 15 heteroatoms.